The maximum Gasteiger partial charge on any atom is 0.142 e. The van der Waals surface area contributed by atoms with Gasteiger partial charge < -0.3 is 15.8 Å². The van der Waals surface area contributed by atoms with E-state index in [0.29, 0.717) is 13.2 Å². The van der Waals surface area contributed by atoms with Gasteiger partial charge in [0.15, 0.2) is 0 Å². The molecule has 3 N–H and O–H groups in total. The lowest BCUT2D eigenvalue weighted by atomic mass is 10.1. The Morgan fingerprint density at radius 3 is 3.23 bits per heavy atom. The topological polar surface area (TPSA) is 47.3 Å². The van der Waals surface area contributed by atoms with Crippen LogP contribution >= 0.6 is 0 Å². The molecule has 0 bridgehead atoms. The minimum absolute atomic E-state index is 0.246. The predicted octanol–water partition coefficient (Wildman–Crippen LogP) is 1.13. The second-order valence-electron chi connectivity index (χ2n) is 3.39. The van der Waals surface area contributed by atoms with Crippen LogP contribution in [-0.4, -0.2) is 19.2 Å². The average molecular weight is 178 g/mol. The second-order valence-corrected chi connectivity index (χ2v) is 3.39. The quantitative estimate of drug-likeness (QED) is 0.677. The van der Waals surface area contributed by atoms with Gasteiger partial charge in [-0.05, 0) is 24.6 Å². The lowest BCUT2D eigenvalue weighted by Gasteiger charge is -2.26. The number of nitrogens with one attached hydrogen (secondary N) is 1. The van der Waals surface area contributed by atoms with Crippen LogP contribution in [0.5, 0.6) is 5.75 Å². The van der Waals surface area contributed by atoms with Gasteiger partial charge in [0.1, 0.15) is 12.4 Å². The molecule has 0 amide bonds. The SMILES string of the molecule is Cc1ccc2c(c1)OCC(CN)N2. The van der Waals surface area contributed by atoms with Crippen molar-refractivity contribution in [3.05, 3.63) is 23.8 Å². The number of rotatable bonds is 1. The van der Waals surface area contributed by atoms with Crippen molar-refractivity contribution in [2.75, 3.05) is 18.5 Å². The summed E-state index contributed by atoms with van der Waals surface area (Å²) < 4.78 is 5.57. The Kier molecular flexibility index (Phi) is 2.10. The summed E-state index contributed by atoms with van der Waals surface area (Å²) in [7, 11) is 0. The van der Waals surface area contributed by atoms with Crippen molar-refractivity contribution in [1.29, 1.82) is 0 Å². The van der Waals surface area contributed by atoms with Gasteiger partial charge in [-0.3, -0.25) is 0 Å². The smallest absolute Gasteiger partial charge is 0.142 e. The zero-order chi connectivity index (χ0) is 9.26. The van der Waals surface area contributed by atoms with Crippen LogP contribution in [0.3, 0.4) is 0 Å². The summed E-state index contributed by atoms with van der Waals surface area (Å²) in [5.74, 6) is 0.935. The van der Waals surface area contributed by atoms with Gasteiger partial charge in [-0.1, -0.05) is 6.07 Å². The fourth-order valence-corrected chi connectivity index (χ4v) is 1.45. The number of nitrogens with two attached hydrogens (primary N) is 1. The molecule has 1 unspecified atom stereocenters. The minimum Gasteiger partial charge on any atom is -0.489 e. The van der Waals surface area contributed by atoms with Crippen LogP contribution in [-0.2, 0) is 0 Å². The van der Waals surface area contributed by atoms with E-state index in [1.54, 1.807) is 0 Å². The highest BCUT2D eigenvalue weighted by Gasteiger charge is 2.16. The molecule has 2 rings (SSSR count). The molecule has 1 aliphatic heterocycles. The number of hydrogen-bond acceptors (Lipinski definition) is 3. The van der Waals surface area contributed by atoms with Gasteiger partial charge >= 0.3 is 0 Å². The number of ether oxygens (including phenoxy) is 1. The predicted molar refractivity (Wildman–Crippen MR) is 53.1 cm³/mol. The van der Waals surface area contributed by atoms with E-state index < -0.39 is 0 Å². The molecule has 1 aromatic rings. The van der Waals surface area contributed by atoms with Crippen LogP contribution in [0.15, 0.2) is 18.2 Å². The van der Waals surface area contributed by atoms with Crippen LogP contribution < -0.4 is 15.8 Å². The third-order valence-electron chi connectivity index (χ3n) is 2.22. The summed E-state index contributed by atoms with van der Waals surface area (Å²) in [5, 5.41) is 3.32. The van der Waals surface area contributed by atoms with E-state index in [4.69, 9.17) is 10.5 Å². The van der Waals surface area contributed by atoms with E-state index in [-0.39, 0.29) is 6.04 Å². The highest BCUT2D eigenvalue weighted by molar-refractivity contribution is 5.59. The molecule has 0 saturated carbocycles. The lowest BCUT2D eigenvalue weighted by Crippen LogP contribution is -2.37. The highest BCUT2D eigenvalue weighted by atomic mass is 16.5. The Labute approximate surface area is 77.9 Å². The van der Waals surface area contributed by atoms with Crippen LogP contribution in [0.25, 0.3) is 0 Å². The molecule has 1 heterocycles. The Morgan fingerprint density at radius 1 is 1.62 bits per heavy atom. The number of anilines is 1. The molecule has 0 aliphatic carbocycles. The largest absolute Gasteiger partial charge is 0.489 e. The lowest BCUT2D eigenvalue weighted by molar-refractivity contribution is 0.286. The summed E-state index contributed by atoms with van der Waals surface area (Å²) in [6, 6.07) is 6.38. The van der Waals surface area contributed by atoms with Crippen molar-refractivity contribution < 1.29 is 4.74 Å². The van der Waals surface area contributed by atoms with Gasteiger partial charge in [-0.2, -0.15) is 0 Å². The van der Waals surface area contributed by atoms with E-state index >= 15 is 0 Å². The third-order valence-corrected chi connectivity index (χ3v) is 2.22. The van der Waals surface area contributed by atoms with Gasteiger partial charge in [0, 0.05) is 6.54 Å². The van der Waals surface area contributed by atoms with Crippen molar-refractivity contribution in [2.45, 2.75) is 13.0 Å². The van der Waals surface area contributed by atoms with Crippen LogP contribution in [0.2, 0.25) is 0 Å². The monoisotopic (exact) mass is 178 g/mol. The molecule has 1 aliphatic rings. The van der Waals surface area contributed by atoms with E-state index in [2.05, 4.69) is 18.3 Å². The molecule has 3 heteroatoms. The fourth-order valence-electron chi connectivity index (χ4n) is 1.45. The highest BCUT2D eigenvalue weighted by Crippen LogP contribution is 2.29. The van der Waals surface area contributed by atoms with E-state index in [0.717, 1.165) is 11.4 Å². The van der Waals surface area contributed by atoms with Crippen molar-refractivity contribution in [3.8, 4) is 5.75 Å². The molecule has 3 nitrogen and oxygen atoms in total. The Morgan fingerprint density at radius 2 is 2.46 bits per heavy atom. The van der Waals surface area contributed by atoms with E-state index in [1.807, 2.05) is 12.1 Å². The number of hydrogen-bond donors (Lipinski definition) is 2. The summed E-state index contributed by atoms with van der Waals surface area (Å²) in [5.41, 5.74) is 7.81. The Balaban J connectivity index is 2.26. The van der Waals surface area contributed by atoms with Gasteiger partial charge in [-0.25, -0.2) is 0 Å². The molecule has 0 spiro atoms. The average Bonchev–Trinajstić information content (AvgIpc) is 2.17. The van der Waals surface area contributed by atoms with E-state index in [9.17, 15) is 0 Å². The zero-order valence-electron chi connectivity index (χ0n) is 7.71. The molecule has 0 radical (unpaired) electrons. The first-order valence-corrected chi connectivity index (χ1v) is 4.49. The van der Waals surface area contributed by atoms with Crippen molar-refractivity contribution in [2.24, 2.45) is 5.73 Å². The van der Waals surface area contributed by atoms with Gasteiger partial charge in [0.05, 0.1) is 11.7 Å². The minimum atomic E-state index is 0.246. The Bertz CT molecular complexity index is 312. The first-order valence-electron chi connectivity index (χ1n) is 4.49. The summed E-state index contributed by atoms with van der Waals surface area (Å²) in [6.07, 6.45) is 0. The van der Waals surface area contributed by atoms with Gasteiger partial charge in [-0.15, -0.1) is 0 Å². The van der Waals surface area contributed by atoms with Gasteiger partial charge in [0.25, 0.3) is 0 Å². The molecule has 0 aromatic heterocycles. The molecule has 0 fully saturated rings. The van der Waals surface area contributed by atoms with Crippen molar-refractivity contribution in [3.63, 3.8) is 0 Å². The van der Waals surface area contributed by atoms with Gasteiger partial charge in [0.2, 0.25) is 0 Å². The molecule has 13 heavy (non-hydrogen) atoms. The number of benzene rings is 1. The fraction of sp³-hybridized carbons (Fsp3) is 0.400. The van der Waals surface area contributed by atoms with Crippen molar-refractivity contribution in [1.82, 2.24) is 0 Å². The number of fused-ring (bicyclic) bond motifs is 1. The summed E-state index contributed by atoms with van der Waals surface area (Å²) in [6.45, 7) is 3.32. The van der Waals surface area contributed by atoms with Crippen LogP contribution in [0, 0.1) is 6.92 Å². The molecule has 1 atom stereocenters. The molecular weight excluding hydrogens is 164 g/mol. The van der Waals surface area contributed by atoms with E-state index in [1.165, 1.54) is 5.56 Å². The third kappa shape index (κ3) is 1.60. The standard InChI is InChI=1S/C10H14N2O/c1-7-2-3-9-10(4-7)13-6-8(5-11)12-9/h2-4,8,12H,5-6,11H2,1H3. The Hall–Kier alpha value is -1.22. The number of aryl methyl sites for hydroxylation is 1. The maximum absolute atomic E-state index is 5.57. The zero-order valence-corrected chi connectivity index (χ0v) is 7.71. The maximum atomic E-state index is 5.57. The van der Waals surface area contributed by atoms with Crippen LogP contribution in [0.4, 0.5) is 5.69 Å². The second kappa shape index (κ2) is 3.26. The summed E-state index contributed by atoms with van der Waals surface area (Å²) >= 11 is 0. The first-order chi connectivity index (χ1) is 6.29. The van der Waals surface area contributed by atoms with Crippen LogP contribution in [0.1, 0.15) is 5.56 Å². The molecule has 70 valence electrons. The van der Waals surface area contributed by atoms with Crippen molar-refractivity contribution >= 4 is 5.69 Å². The molecule has 1 aromatic carbocycles. The molecular formula is C10H14N2O. The summed E-state index contributed by atoms with van der Waals surface area (Å²) in [4.78, 5) is 0. The molecule has 0 saturated heterocycles. The normalized spacial score (nSPS) is 20.0. The first kappa shape index (κ1) is 8.38.